The second kappa shape index (κ2) is 2.57. The molecule has 2 bridgehead atoms. The van der Waals surface area contributed by atoms with Crippen molar-refractivity contribution >= 4 is 21.7 Å². The molecule has 0 aromatic carbocycles. The number of Topliss-reactive ketones (excluding diaryl/α,β-unsaturated/α-hetero) is 1. The second-order valence-corrected chi connectivity index (χ2v) is 6.41. The van der Waals surface area contributed by atoms with Crippen molar-refractivity contribution < 1.29 is 9.53 Å². The maximum atomic E-state index is 11.6. The molecular formula is C12H13BrO2. The molecule has 2 nitrogen and oxygen atoms in total. The highest BCUT2D eigenvalue weighted by molar-refractivity contribution is 9.09. The minimum Gasteiger partial charge on any atom is -0.369 e. The van der Waals surface area contributed by atoms with Gasteiger partial charge in [-0.15, -0.1) is 0 Å². The fourth-order valence-corrected chi connectivity index (χ4v) is 5.52. The molecule has 1 heterocycles. The van der Waals surface area contributed by atoms with E-state index in [-0.39, 0.29) is 11.9 Å². The molecule has 0 N–H and O–H groups in total. The molecule has 0 radical (unpaired) electrons. The molecule has 0 unspecified atom stereocenters. The summed E-state index contributed by atoms with van der Waals surface area (Å²) in [6.07, 6.45) is 4.04. The molecule has 1 aliphatic heterocycles. The predicted octanol–water partition coefficient (Wildman–Crippen LogP) is 1.93. The highest BCUT2D eigenvalue weighted by Crippen LogP contribution is 2.66. The fourth-order valence-electron chi connectivity index (χ4n) is 4.46. The van der Waals surface area contributed by atoms with Gasteiger partial charge in [0.25, 0.3) is 0 Å². The van der Waals surface area contributed by atoms with Gasteiger partial charge in [-0.1, -0.05) is 15.9 Å². The number of ketones is 1. The van der Waals surface area contributed by atoms with Gasteiger partial charge in [0.15, 0.2) is 5.78 Å². The molecule has 0 aromatic heterocycles. The van der Waals surface area contributed by atoms with Gasteiger partial charge in [0.05, 0.1) is 12.2 Å². The highest BCUT2D eigenvalue weighted by atomic mass is 79.9. The Morgan fingerprint density at radius 1 is 1.53 bits per heavy atom. The summed E-state index contributed by atoms with van der Waals surface area (Å²) < 4.78 is 6.05. The van der Waals surface area contributed by atoms with Gasteiger partial charge in [-0.2, -0.15) is 0 Å². The molecule has 3 aliphatic carbocycles. The molecule has 4 aliphatic rings. The summed E-state index contributed by atoms with van der Waals surface area (Å²) in [4.78, 5) is 12.1. The van der Waals surface area contributed by atoms with Crippen LogP contribution in [-0.4, -0.2) is 22.8 Å². The average molecular weight is 269 g/mol. The number of rotatable bonds is 1. The van der Waals surface area contributed by atoms with Crippen LogP contribution in [0.4, 0.5) is 0 Å². The van der Waals surface area contributed by atoms with Crippen molar-refractivity contribution in [2.45, 2.75) is 30.4 Å². The Labute approximate surface area is 97.2 Å². The summed E-state index contributed by atoms with van der Waals surface area (Å²) in [6, 6.07) is 0. The van der Waals surface area contributed by atoms with E-state index < -0.39 is 0 Å². The van der Waals surface area contributed by atoms with E-state index in [2.05, 4.69) is 22.0 Å². The summed E-state index contributed by atoms with van der Waals surface area (Å²) in [5, 5.41) is 0. The maximum absolute atomic E-state index is 11.6. The van der Waals surface area contributed by atoms with Gasteiger partial charge in [-0.25, -0.2) is 0 Å². The summed E-state index contributed by atoms with van der Waals surface area (Å²) in [7, 11) is 0. The number of allylic oxidation sites excluding steroid dienone is 1. The van der Waals surface area contributed by atoms with E-state index in [0.29, 0.717) is 34.6 Å². The van der Waals surface area contributed by atoms with Gasteiger partial charge in [-0.05, 0) is 42.7 Å². The number of carbonyl (C=O) groups is 1. The van der Waals surface area contributed by atoms with Crippen LogP contribution >= 0.6 is 15.9 Å². The Morgan fingerprint density at radius 2 is 2.33 bits per heavy atom. The lowest BCUT2D eigenvalue weighted by Gasteiger charge is -2.29. The SMILES string of the molecule is CC(=O)C1=C[C@H]2O[C@H]3[C@H](Br)[C@@H]4C[C@H]3[C@H]2[C@H]14. The lowest BCUT2D eigenvalue weighted by Crippen LogP contribution is -2.34. The molecule has 3 heteroatoms. The molecule has 80 valence electrons. The van der Waals surface area contributed by atoms with E-state index in [0.717, 1.165) is 5.57 Å². The van der Waals surface area contributed by atoms with Crippen molar-refractivity contribution in [2.24, 2.45) is 23.7 Å². The Kier molecular flexibility index (Phi) is 1.53. The lowest BCUT2D eigenvalue weighted by atomic mass is 9.78. The third-order valence-corrected chi connectivity index (χ3v) is 6.06. The zero-order valence-electron chi connectivity index (χ0n) is 8.52. The van der Waals surface area contributed by atoms with Crippen LogP contribution in [0.2, 0.25) is 0 Å². The van der Waals surface area contributed by atoms with Crippen molar-refractivity contribution in [3.63, 3.8) is 0 Å². The molecule has 3 fully saturated rings. The monoisotopic (exact) mass is 268 g/mol. The zero-order valence-corrected chi connectivity index (χ0v) is 10.1. The molecular weight excluding hydrogens is 256 g/mol. The molecule has 0 amide bonds. The summed E-state index contributed by atoms with van der Waals surface area (Å²) in [5.74, 6) is 2.74. The Balaban J connectivity index is 1.85. The fraction of sp³-hybridized carbons (Fsp3) is 0.750. The van der Waals surface area contributed by atoms with Crippen LogP contribution in [0.3, 0.4) is 0 Å². The van der Waals surface area contributed by atoms with Gasteiger partial charge in [0, 0.05) is 10.7 Å². The standard InChI is InChI=1S/C12H13BrO2/c1-4(14)5-3-8-10-7-2-6(9(5)10)11(13)12(7)15-8/h3,6-12H,2H2,1H3/t6-,7+,8-,9-,10-,11-,12-/m1/s1. The Hall–Kier alpha value is -0.150. The van der Waals surface area contributed by atoms with Crippen LogP contribution in [0, 0.1) is 23.7 Å². The third-order valence-electron chi connectivity index (χ3n) is 4.86. The smallest absolute Gasteiger partial charge is 0.155 e. The quantitative estimate of drug-likeness (QED) is 0.680. The number of halogens is 1. The zero-order chi connectivity index (χ0) is 10.3. The van der Waals surface area contributed by atoms with Gasteiger partial charge in [-0.3, -0.25) is 4.79 Å². The van der Waals surface area contributed by atoms with E-state index >= 15 is 0 Å². The topological polar surface area (TPSA) is 26.3 Å². The van der Waals surface area contributed by atoms with E-state index in [9.17, 15) is 4.79 Å². The Bertz CT molecular complexity index is 389. The average Bonchev–Trinajstić information content (AvgIpc) is 2.81. The number of carbonyl (C=O) groups excluding carboxylic acids is 1. The van der Waals surface area contributed by atoms with Crippen LogP contribution in [0.15, 0.2) is 11.6 Å². The Morgan fingerprint density at radius 3 is 3.07 bits per heavy atom. The molecule has 7 atom stereocenters. The first-order chi connectivity index (χ1) is 7.18. The van der Waals surface area contributed by atoms with E-state index in [1.807, 2.05) is 0 Å². The minimum atomic E-state index is 0.247. The summed E-state index contributed by atoms with van der Waals surface area (Å²) >= 11 is 3.76. The molecule has 0 aromatic rings. The first-order valence-electron chi connectivity index (χ1n) is 5.70. The molecule has 2 saturated carbocycles. The molecule has 1 saturated heterocycles. The van der Waals surface area contributed by atoms with Crippen LogP contribution in [0.1, 0.15) is 13.3 Å². The van der Waals surface area contributed by atoms with Crippen LogP contribution in [0.5, 0.6) is 0 Å². The van der Waals surface area contributed by atoms with Gasteiger partial charge in [0.1, 0.15) is 0 Å². The van der Waals surface area contributed by atoms with E-state index in [4.69, 9.17) is 4.74 Å². The van der Waals surface area contributed by atoms with E-state index in [1.54, 1.807) is 6.92 Å². The number of hydrogen-bond donors (Lipinski definition) is 0. The third kappa shape index (κ3) is 0.849. The van der Waals surface area contributed by atoms with Crippen LogP contribution < -0.4 is 0 Å². The minimum absolute atomic E-state index is 0.247. The van der Waals surface area contributed by atoms with Crippen molar-refractivity contribution in [3.8, 4) is 0 Å². The van der Waals surface area contributed by atoms with Gasteiger partial charge < -0.3 is 4.74 Å². The van der Waals surface area contributed by atoms with Gasteiger partial charge in [0.2, 0.25) is 0 Å². The van der Waals surface area contributed by atoms with Crippen molar-refractivity contribution in [3.05, 3.63) is 11.6 Å². The predicted molar refractivity (Wildman–Crippen MR) is 58.7 cm³/mol. The highest BCUT2D eigenvalue weighted by Gasteiger charge is 2.67. The summed E-state index contributed by atoms with van der Waals surface area (Å²) in [5.41, 5.74) is 1.06. The number of alkyl halides is 1. The maximum Gasteiger partial charge on any atom is 0.155 e. The first-order valence-corrected chi connectivity index (χ1v) is 6.62. The number of hydrogen-bond acceptors (Lipinski definition) is 2. The number of fused-ring (bicyclic) bond motifs is 2. The molecule has 15 heavy (non-hydrogen) atoms. The number of ether oxygens (including phenoxy) is 1. The van der Waals surface area contributed by atoms with Gasteiger partial charge >= 0.3 is 0 Å². The van der Waals surface area contributed by atoms with Crippen molar-refractivity contribution in [1.29, 1.82) is 0 Å². The summed E-state index contributed by atoms with van der Waals surface area (Å²) in [6.45, 7) is 1.69. The lowest BCUT2D eigenvalue weighted by molar-refractivity contribution is -0.114. The molecule has 0 spiro atoms. The largest absolute Gasteiger partial charge is 0.369 e. The molecule has 4 rings (SSSR count). The van der Waals surface area contributed by atoms with Crippen LogP contribution in [-0.2, 0) is 9.53 Å². The normalized spacial score (nSPS) is 58.8. The first kappa shape index (κ1) is 8.94. The van der Waals surface area contributed by atoms with E-state index in [1.165, 1.54) is 6.42 Å². The van der Waals surface area contributed by atoms with Crippen molar-refractivity contribution in [1.82, 2.24) is 0 Å². The van der Waals surface area contributed by atoms with Crippen molar-refractivity contribution in [2.75, 3.05) is 0 Å². The second-order valence-electron chi connectivity index (χ2n) is 5.35. The van der Waals surface area contributed by atoms with Crippen LogP contribution in [0.25, 0.3) is 0 Å².